The number of aliphatic imine (C=N–C) groups is 1. The lowest BCUT2D eigenvalue weighted by Gasteiger charge is -2.40. The zero-order valence-corrected chi connectivity index (χ0v) is 19.8. The van der Waals surface area contributed by atoms with Crippen molar-refractivity contribution < 1.29 is 19.0 Å². The number of amidine groups is 1. The number of nitrogens with zero attached hydrogens (tertiary/aromatic N) is 2. The van der Waals surface area contributed by atoms with Crippen molar-refractivity contribution in [2.75, 3.05) is 20.7 Å². The van der Waals surface area contributed by atoms with Crippen LogP contribution in [0.25, 0.3) is 0 Å². The average molecular weight is 421 g/mol. The molecule has 1 aromatic rings. The SMILES string of the molecule is CN(C)C1=N[C@@H]2[C@@H](O)[C@H](O[Si](C)(C)C(C)(C)C)[C@@H](COCc3ccccc3)[C@@H]2O1. The minimum absolute atomic E-state index is 0.0544. The smallest absolute Gasteiger partial charge is 0.287 e. The fraction of sp³-hybridized carbons (Fsp3) is 0.682. The third-order valence-electron chi connectivity index (χ3n) is 6.41. The van der Waals surface area contributed by atoms with E-state index < -0.39 is 14.4 Å². The topological polar surface area (TPSA) is 63.5 Å². The van der Waals surface area contributed by atoms with Gasteiger partial charge in [-0.2, -0.15) is 0 Å². The van der Waals surface area contributed by atoms with Crippen molar-refractivity contribution in [3.05, 3.63) is 35.9 Å². The van der Waals surface area contributed by atoms with Gasteiger partial charge in [-0.05, 0) is 23.7 Å². The lowest BCUT2D eigenvalue weighted by Crippen LogP contribution is -2.49. The predicted octanol–water partition coefficient (Wildman–Crippen LogP) is 3.27. The maximum Gasteiger partial charge on any atom is 0.287 e. The van der Waals surface area contributed by atoms with Gasteiger partial charge in [-0.3, -0.25) is 0 Å². The van der Waals surface area contributed by atoms with Crippen molar-refractivity contribution in [3.8, 4) is 0 Å². The molecule has 0 spiro atoms. The highest BCUT2D eigenvalue weighted by Gasteiger charge is 2.57. The summed E-state index contributed by atoms with van der Waals surface area (Å²) in [6.07, 6.45) is -1.26. The Balaban J connectivity index is 1.76. The van der Waals surface area contributed by atoms with Gasteiger partial charge >= 0.3 is 0 Å². The molecule has 6 nitrogen and oxygen atoms in total. The first-order valence-corrected chi connectivity index (χ1v) is 13.3. The second-order valence-electron chi connectivity index (χ2n) is 9.88. The highest BCUT2D eigenvalue weighted by molar-refractivity contribution is 6.74. The van der Waals surface area contributed by atoms with Gasteiger partial charge in [0.2, 0.25) is 0 Å². The zero-order chi connectivity index (χ0) is 21.4. The number of hydrogen-bond donors (Lipinski definition) is 1. The first-order valence-electron chi connectivity index (χ1n) is 10.4. The molecule has 0 aromatic heterocycles. The van der Waals surface area contributed by atoms with Crippen molar-refractivity contribution in [3.63, 3.8) is 0 Å². The fourth-order valence-electron chi connectivity index (χ4n) is 3.64. The maximum absolute atomic E-state index is 11.1. The standard InChI is InChI=1S/C22H36N2O4Si/c1-22(2,3)29(6,7)28-20-16(14-26-13-15-11-9-8-10-12-15)19-17(18(20)25)23-21(27-19)24(4)5/h8-12,16-20,25H,13-14H2,1-7H3/t16-,17+,18+,19-,20+/m0/s1. The minimum Gasteiger partial charge on any atom is -0.459 e. The van der Waals surface area contributed by atoms with E-state index >= 15 is 0 Å². The van der Waals surface area contributed by atoms with Crippen LogP contribution < -0.4 is 0 Å². The van der Waals surface area contributed by atoms with E-state index in [4.69, 9.17) is 13.9 Å². The first kappa shape index (κ1) is 22.3. The van der Waals surface area contributed by atoms with Crippen LogP contribution in [-0.2, 0) is 20.5 Å². The van der Waals surface area contributed by atoms with E-state index in [0.717, 1.165) is 5.56 Å². The average Bonchev–Trinajstić information content (AvgIpc) is 3.16. The second kappa shape index (κ2) is 8.38. The van der Waals surface area contributed by atoms with E-state index in [1.165, 1.54) is 0 Å². The van der Waals surface area contributed by atoms with Crippen molar-refractivity contribution >= 4 is 14.3 Å². The second-order valence-corrected chi connectivity index (χ2v) is 14.6. The van der Waals surface area contributed by atoms with Crippen LogP contribution in [0.1, 0.15) is 26.3 Å². The monoisotopic (exact) mass is 420 g/mol. The molecule has 0 saturated heterocycles. The molecule has 2 aliphatic rings. The number of aliphatic hydroxyl groups is 1. The Morgan fingerprint density at radius 1 is 1.17 bits per heavy atom. The van der Waals surface area contributed by atoms with Gasteiger partial charge in [0, 0.05) is 20.0 Å². The summed E-state index contributed by atoms with van der Waals surface area (Å²) in [6.45, 7) is 12.0. The lowest BCUT2D eigenvalue weighted by atomic mass is 10.0. The van der Waals surface area contributed by atoms with E-state index in [1.807, 2.05) is 37.2 Å². The van der Waals surface area contributed by atoms with Crippen LogP contribution >= 0.6 is 0 Å². The minimum atomic E-state index is -2.07. The summed E-state index contributed by atoms with van der Waals surface area (Å²) < 4.78 is 18.9. The largest absolute Gasteiger partial charge is 0.459 e. The molecule has 3 rings (SSSR count). The Morgan fingerprint density at radius 2 is 1.83 bits per heavy atom. The molecule has 0 bridgehead atoms. The van der Waals surface area contributed by atoms with Gasteiger partial charge in [0.05, 0.1) is 19.3 Å². The molecule has 1 fully saturated rings. The van der Waals surface area contributed by atoms with Crippen molar-refractivity contribution in [1.29, 1.82) is 0 Å². The van der Waals surface area contributed by atoms with E-state index in [-0.39, 0.29) is 29.2 Å². The Kier molecular flexibility index (Phi) is 6.43. The van der Waals surface area contributed by atoms with Crippen LogP contribution in [0, 0.1) is 5.92 Å². The van der Waals surface area contributed by atoms with Crippen LogP contribution in [-0.4, -0.2) is 69.4 Å². The molecule has 5 atom stereocenters. The Labute approximate surface area is 176 Å². The number of fused-ring (bicyclic) bond motifs is 1. The maximum atomic E-state index is 11.1. The van der Waals surface area contributed by atoms with Crippen LogP contribution in [0.5, 0.6) is 0 Å². The molecule has 162 valence electrons. The molecule has 0 unspecified atom stereocenters. The predicted molar refractivity (Wildman–Crippen MR) is 117 cm³/mol. The van der Waals surface area contributed by atoms with Gasteiger partial charge in [-0.25, -0.2) is 4.99 Å². The summed E-state index contributed by atoms with van der Waals surface area (Å²) >= 11 is 0. The molecule has 7 heteroatoms. The van der Waals surface area contributed by atoms with Gasteiger partial charge in [0.25, 0.3) is 6.02 Å². The normalized spacial score (nSPS) is 29.4. The Hall–Kier alpha value is -1.41. The van der Waals surface area contributed by atoms with Crippen molar-refractivity contribution in [1.82, 2.24) is 4.90 Å². The third kappa shape index (κ3) is 4.68. The summed E-state index contributed by atoms with van der Waals surface area (Å²) in [5, 5.41) is 11.2. The van der Waals surface area contributed by atoms with E-state index in [1.54, 1.807) is 0 Å². The fourth-order valence-corrected chi connectivity index (χ4v) is 4.99. The van der Waals surface area contributed by atoms with Gasteiger partial charge in [0.1, 0.15) is 18.2 Å². The number of rotatable bonds is 6. The summed E-state index contributed by atoms with van der Waals surface area (Å²) in [4.78, 5) is 6.48. The molecule has 1 aromatic carbocycles. The Morgan fingerprint density at radius 3 is 2.41 bits per heavy atom. The molecule has 1 N–H and O–H groups in total. The third-order valence-corrected chi connectivity index (χ3v) is 10.9. The van der Waals surface area contributed by atoms with Crippen molar-refractivity contribution in [2.24, 2.45) is 10.9 Å². The van der Waals surface area contributed by atoms with E-state index in [2.05, 4.69) is 51.0 Å². The lowest BCUT2D eigenvalue weighted by molar-refractivity contribution is -0.0228. The van der Waals surface area contributed by atoms with Crippen molar-refractivity contribution in [2.45, 2.75) is 69.9 Å². The molecular weight excluding hydrogens is 384 g/mol. The summed E-state index contributed by atoms with van der Waals surface area (Å²) in [5.74, 6) is -0.0750. The Bertz CT molecular complexity index is 717. The van der Waals surface area contributed by atoms with Crippen LogP contribution in [0.3, 0.4) is 0 Å². The zero-order valence-electron chi connectivity index (χ0n) is 18.8. The number of hydrogen-bond acceptors (Lipinski definition) is 6. The first-order chi connectivity index (χ1) is 13.5. The molecule has 29 heavy (non-hydrogen) atoms. The highest BCUT2D eigenvalue weighted by Crippen LogP contribution is 2.43. The molecule has 0 radical (unpaired) electrons. The molecule has 1 aliphatic heterocycles. The molecule has 1 saturated carbocycles. The van der Waals surface area contributed by atoms with Crippen LogP contribution in [0.4, 0.5) is 0 Å². The van der Waals surface area contributed by atoms with Gasteiger partial charge < -0.3 is 23.9 Å². The molecular formula is C22H36N2O4Si. The van der Waals surface area contributed by atoms with Crippen LogP contribution in [0.15, 0.2) is 35.3 Å². The number of aliphatic hydroxyl groups excluding tert-OH is 1. The number of ether oxygens (including phenoxy) is 2. The highest BCUT2D eigenvalue weighted by atomic mass is 28.4. The van der Waals surface area contributed by atoms with E-state index in [0.29, 0.717) is 19.2 Å². The van der Waals surface area contributed by atoms with Gasteiger partial charge in [-0.15, -0.1) is 0 Å². The number of benzene rings is 1. The van der Waals surface area contributed by atoms with Crippen LogP contribution in [0.2, 0.25) is 18.1 Å². The molecule has 1 aliphatic carbocycles. The summed E-state index contributed by atoms with van der Waals surface area (Å²) in [7, 11) is 1.73. The molecule has 1 heterocycles. The van der Waals surface area contributed by atoms with Gasteiger partial charge in [0.15, 0.2) is 8.32 Å². The quantitative estimate of drug-likeness (QED) is 0.716. The summed E-state index contributed by atoms with van der Waals surface area (Å²) in [5.41, 5.74) is 1.13. The van der Waals surface area contributed by atoms with E-state index in [9.17, 15) is 5.11 Å². The molecule has 0 amide bonds. The summed E-state index contributed by atoms with van der Waals surface area (Å²) in [6, 6.07) is 10.4. The van der Waals surface area contributed by atoms with Gasteiger partial charge in [-0.1, -0.05) is 51.1 Å².